The summed E-state index contributed by atoms with van der Waals surface area (Å²) >= 11 is 12.0. The average molecular weight is 364 g/mol. The Labute approximate surface area is 149 Å². The van der Waals surface area contributed by atoms with E-state index in [0.29, 0.717) is 33.8 Å². The Morgan fingerprint density at radius 3 is 2.62 bits per heavy atom. The summed E-state index contributed by atoms with van der Waals surface area (Å²) in [6, 6.07) is 11.0. The van der Waals surface area contributed by atoms with Crippen LogP contribution in [0, 0.1) is 6.92 Å². The van der Waals surface area contributed by atoms with Gasteiger partial charge in [0.1, 0.15) is 17.2 Å². The van der Waals surface area contributed by atoms with Crippen LogP contribution in [-0.2, 0) is 6.54 Å². The molecule has 0 atom stereocenters. The molecule has 0 amide bonds. The van der Waals surface area contributed by atoms with Gasteiger partial charge in [-0.3, -0.25) is 0 Å². The molecule has 7 heteroatoms. The second kappa shape index (κ2) is 7.21. The van der Waals surface area contributed by atoms with Crippen LogP contribution < -0.4 is 10.1 Å². The Morgan fingerprint density at radius 1 is 1.12 bits per heavy atom. The number of aromatic nitrogens is 2. The zero-order valence-electron chi connectivity index (χ0n) is 13.1. The van der Waals surface area contributed by atoms with E-state index in [1.165, 1.54) is 0 Å². The summed E-state index contributed by atoms with van der Waals surface area (Å²) in [6.07, 6.45) is 0. The van der Waals surface area contributed by atoms with E-state index in [-0.39, 0.29) is 0 Å². The quantitative estimate of drug-likeness (QED) is 0.700. The van der Waals surface area contributed by atoms with Gasteiger partial charge >= 0.3 is 0 Å². The molecule has 0 aliphatic heterocycles. The van der Waals surface area contributed by atoms with Crippen molar-refractivity contribution >= 4 is 23.2 Å². The summed E-state index contributed by atoms with van der Waals surface area (Å²) in [7, 11) is 1.87. The van der Waals surface area contributed by atoms with Gasteiger partial charge in [0.2, 0.25) is 0 Å². The predicted octanol–water partition coefficient (Wildman–Crippen LogP) is 4.86. The SMILES string of the molecule is CNCc1cc(-c2nnoc2C)ccc1Oc1ccc(Cl)c(Cl)c1. The van der Waals surface area contributed by atoms with Crippen molar-refractivity contribution in [2.24, 2.45) is 0 Å². The lowest BCUT2D eigenvalue weighted by Crippen LogP contribution is -2.06. The zero-order chi connectivity index (χ0) is 17.1. The van der Waals surface area contributed by atoms with Crippen LogP contribution in [0.1, 0.15) is 11.3 Å². The van der Waals surface area contributed by atoms with Gasteiger partial charge in [-0.05, 0) is 44.3 Å². The van der Waals surface area contributed by atoms with Gasteiger partial charge in [0.15, 0.2) is 5.76 Å². The number of hydrogen-bond donors (Lipinski definition) is 1. The standard InChI is InChI=1S/C17H15Cl2N3O2/c1-10-17(21-22-24-10)11-3-6-16(12(7-11)9-20-2)23-13-4-5-14(18)15(19)8-13/h3-8,20H,9H2,1-2H3. The van der Waals surface area contributed by atoms with Crippen molar-refractivity contribution in [2.75, 3.05) is 7.05 Å². The molecule has 3 rings (SSSR count). The van der Waals surface area contributed by atoms with Gasteiger partial charge in [0, 0.05) is 29.0 Å². The second-order valence-corrected chi connectivity index (χ2v) is 6.02. The molecule has 0 spiro atoms. The number of hydrogen-bond acceptors (Lipinski definition) is 5. The fourth-order valence-electron chi connectivity index (χ4n) is 2.32. The number of benzene rings is 2. The van der Waals surface area contributed by atoms with Crippen molar-refractivity contribution in [1.29, 1.82) is 0 Å². The first-order valence-corrected chi connectivity index (χ1v) is 8.04. The third kappa shape index (κ3) is 3.53. The lowest BCUT2D eigenvalue weighted by Gasteiger charge is -2.13. The van der Waals surface area contributed by atoms with E-state index in [2.05, 4.69) is 15.7 Å². The van der Waals surface area contributed by atoms with Gasteiger partial charge in [-0.25, -0.2) is 0 Å². The molecule has 1 heterocycles. The Balaban J connectivity index is 1.95. The number of nitrogens with one attached hydrogen (secondary N) is 1. The van der Waals surface area contributed by atoms with E-state index in [9.17, 15) is 0 Å². The van der Waals surface area contributed by atoms with Crippen molar-refractivity contribution in [1.82, 2.24) is 15.7 Å². The monoisotopic (exact) mass is 363 g/mol. The summed E-state index contributed by atoms with van der Waals surface area (Å²) in [5.41, 5.74) is 2.61. The van der Waals surface area contributed by atoms with E-state index >= 15 is 0 Å². The summed E-state index contributed by atoms with van der Waals surface area (Å²) in [5, 5.41) is 11.7. The molecule has 0 unspecified atom stereocenters. The molecule has 124 valence electrons. The summed E-state index contributed by atoms with van der Waals surface area (Å²) in [6.45, 7) is 2.46. The first kappa shape index (κ1) is 16.8. The van der Waals surface area contributed by atoms with Crippen LogP contribution in [0.15, 0.2) is 40.9 Å². The fraction of sp³-hybridized carbons (Fsp3) is 0.176. The maximum absolute atomic E-state index is 6.04. The van der Waals surface area contributed by atoms with Gasteiger partial charge in [0.25, 0.3) is 0 Å². The zero-order valence-corrected chi connectivity index (χ0v) is 14.6. The molecule has 2 aromatic carbocycles. The number of ether oxygens (including phenoxy) is 1. The molecule has 0 saturated carbocycles. The first-order valence-electron chi connectivity index (χ1n) is 7.28. The molecule has 0 bridgehead atoms. The van der Waals surface area contributed by atoms with Gasteiger partial charge in [-0.1, -0.05) is 23.2 Å². The van der Waals surface area contributed by atoms with Crippen LogP contribution in [-0.4, -0.2) is 17.4 Å². The number of halogens is 2. The molecule has 0 radical (unpaired) electrons. The molecule has 0 saturated heterocycles. The van der Waals surface area contributed by atoms with Crippen LogP contribution >= 0.6 is 23.2 Å². The number of nitrogens with zero attached hydrogens (tertiary/aromatic N) is 2. The minimum Gasteiger partial charge on any atom is -0.457 e. The number of rotatable bonds is 5. The topological polar surface area (TPSA) is 60.2 Å². The van der Waals surface area contributed by atoms with Crippen molar-refractivity contribution in [2.45, 2.75) is 13.5 Å². The van der Waals surface area contributed by atoms with Crippen LogP contribution in [0.4, 0.5) is 0 Å². The highest BCUT2D eigenvalue weighted by molar-refractivity contribution is 6.42. The maximum atomic E-state index is 6.04. The Kier molecular flexibility index (Phi) is 5.04. The third-order valence-corrected chi connectivity index (χ3v) is 4.21. The van der Waals surface area contributed by atoms with E-state index in [1.807, 2.05) is 32.2 Å². The van der Waals surface area contributed by atoms with Gasteiger partial charge in [-0.15, -0.1) is 5.10 Å². The minimum atomic E-state index is 0.449. The molecule has 0 aliphatic carbocycles. The molecule has 5 nitrogen and oxygen atoms in total. The Morgan fingerprint density at radius 2 is 1.96 bits per heavy atom. The van der Waals surface area contributed by atoms with Crippen LogP contribution in [0.2, 0.25) is 10.0 Å². The van der Waals surface area contributed by atoms with Gasteiger partial charge in [-0.2, -0.15) is 0 Å². The van der Waals surface area contributed by atoms with Crippen molar-refractivity contribution < 1.29 is 9.26 Å². The van der Waals surface area contributed by atoms with Crippen LogP contribution in [0.3, 0.4) is 0 Å². The van der Waals surface area contributed by atoms with Gasteiger partial charge < -0.3 is 14.6 Å². The molecule has 3 aromatic rings. The molecule has 0 fully saturated rings. The summed E-state index contributed by atoms with van der Waals surface area (Å²) in [5.74, 6) is 2.01. The van der Waals surface area contributed by atoms with Crippen molar-refractivity contribution in [3.8, 4) is 22.8 Å². The molecule has 24 heavy (non-hydrogen) atoms. The van der Waals surface area contributed by atoms with Crippen LogP contribution in [0.25, 0.3) is 11.3 Å². The Hall–Kier alpha value is -2.08. The van der Waals surface area contributed by atoms with Crippen molar-refractivity contribution in [3.05, 3.63) is 57.8 Å². The molecule has 0 aliphatic rings. The highest BCUT2D eigenvalue weighted by Crippen LogP contribution is 2.33. The number of aryl methyl sites for hydroxylation is 1. The summed E-state index contributed by atoms with van der Waals surface area (Å²) in [4.78, 5) is 0. The largest absolute Gasteiger partial charge is 0.457 e. The third-order valence-electron chi connectivity index (χ3n) is 3.47. The lowest BCUT2D eigenvalue weighted by molar-refractivity contribution is 0.374. The van der Waals surface area contributed by atoms with Crippen LogP contribution in [0.5, 0.6) is 11.5 Å². The summed E-state index contributed by atoms with van der Waals surface area (Å²) < 4.78 is 11.0. The highest BCUT2D eigenvalue weighted by atomic mass is 35.5. The predicted molar refractivity (Wildman–Crippen MR) is 93.8 cm³/mol. The molecule has 1 N–H and O–H groups in total. The second-order valence-electron chi connectivity index (χ2n) is 5.21. The maximum Gasteiger partial charge on any atom is 0.162 e. The molecular weight excluding hydrogens is 349 g/mol. The normalized spacial score (nSPS) is 10.8. The van der Waals surface area contributed by atoms with E-state index in [1.54, 1.807) is 18.2 Å². The van der Waals surface area contributed by atoms with Gasteiger partial charge in [0.05, 0.1) is 10.0 Å². The van der Waals surface area contributed by atoms with E-state index in [0.717, 1.165) is 16.9 Å². The molecule has 1 aromatic heterocycles. The van der Waals surface area contributed by atoms with E-state index < -0.39 is 0 Å². The minimum absolute atomic E-state index is 0.449. The highest BCUT2D eigenvalue weighted by Gasteiger charge is 2.13. The lowest BCUT2D eigenvalue weighted by atomic mass is 10.1. The smallest absolute Gasteiger partial charge is 0.162 e. The molecular formula is C17H15Cl2N3O2. The fourth-order valence-corrected chi connectivity index (χ4v) is 2.61. The van der Waals surface area contributed by atoms with E-state index in [4.69, 9.17) is 32.5 Å². The van der Waals surface area contributed by atoms with Crippen molar-refractivity contribution in [3.63, 3.8) is 0 Å². The first-order chi connectivity index (χ1) is 11.6. The Bertz CT molecular complexity index is 865. The average Bonchev–Trinajstić information content (AvgIpc) is 2.99.